The number of esters is 1. The van der Waals surface area contributed by atoms with Crippen LogP contribution in [0.2, 0.25) is 0 Å². The molecule has 0 spiro atoms. The maximum Gasteiger partial charge on any atom is 0.338 e. The molecule has 0 fully saturated rings. The van der Waals surface area contributed by atoms with E-state index in [-0.39, 0.29) is 6.42 Å². The number of ether oxygens (including phenoxy) is 1. The fraction of sp³-hybridized carbons (Fsp3) is 0.417. The van der Waals surface area contributed by atoms with Crippen LogP contribution in [-0.4, -0.2) is 19.3 Å². The summed E-state index contributed by atoms with van der Waals surface area (Å²) >= 11 is 0. The van der Waals surface area contributed by atoms with Gasteiger partial charge in [-0.25, -0.2) is 9.18 Å². The summed E-state index contributed by atoms with van der Waals surface area (Å²) in [5, 5.41) is 0. The molecule has 2 nitrogen and oxygen atoms in total. The van der Waals surface area contributed by atoms with Crippen LogP contribution in [0.25, 0.3) is 0 Å². The Labute approximate surface area is 93.2 Å². The Balaban J connectivity index is 2.92. The van der Waals surface area contributed by atoms with Gasteiger partial charge in [0.25, 0.3) is 0 Å². The minimum absolute atomic E-state index is 0.0166. The summed E-state index contributed by atoms with van der Waals surface area (Å²) in [5.41, 5.74) is -0.437. The van der Waals surface area contributed by atoms with Crippen molar-refractivity contribution in [3.05, 3.63) is 35.9 Å². The molecule has 1 aromatic rings. The zero-order valence-electron chi connectivity index (χ0n) is 9.08. The maximum atomic E-state index is 12.4. The van der Waals surface area contributed by atoms with E-state index in [1.165, 1.54) is 0 Å². The Morgan fingerprint density at radius 2 is 1.94 bits per heavy atom. The van der Waals surface area contributed by atoms with Crippen LogP contribution in [0.15, 0.2) is 30.3 Å². The highest BCUT2D eigenvalue weighted by molar-refractivity contribution is 5.71. The number of benzene rings is 1. The molecule has 0 saturated carbocycles. The summed E-state index contributed by atoms with van der Waals surface area (Å²) < 4.78 is 29.5. The fourth-order valence-electron chi connectivity index (χ4n) is 1.50. The smallest absolute Gasteiger partial charge is 0.338 e. The third-order valence-corrected chi connectivity index (χ3v) is 2.40. The van der Waals surface area contributed by atoms with Gasteiger partial charge in [0.05, 0.1) is 6.67 Å². The lowest BCUT2D eigenvalue weighted by Gasteiger charge is -2.28. The molecule has 1 aromatic carbocycles. The Morgan fingerprint density at radius 1 is 1.31 bits per heavy atom. The highest BCUT2D eigenvalue weighted by Crippen LogP contribution is 2.29. The molecule has 0 aromatic heterocycles. The number of halogens is 2. The topological polar surface area (TPSA) is 26.3 Å². The molecule has 0 aliphatic carbocycles. The number of carbonyl (C=O) groups is 1. The molecular formula is C12H14F2O2. The molecular weight excluding hydrogens is 214 g/mol. The predicted octanol–water partition coefficient (Wildman–Crippen LogP) is 2.77. The fourth-order valence-corrected chi connectivity index (χ4v) is 1.50. The van der Waals surface area contributed by atoms with Crippen molar-refractivity contribution >= 4 is 5.97 Å². The van der Waals surface area contributed by atoms with E-state index in [0.717, 1.165) is 0 Å². The van der Waals surface area contributed by atoms with Crippen molar-refractivity contribution in [1.82, 2.24) is 0 Å². The van der Waals surface area contributed by atoms with E-state index in [4.69, 9.17) is 4.74 Å². The minimum atomic E-state index is -1.20. The van der Waals surface area contributed by atoms with Gasteiger partial charge in [-0.3, -0.25) is 4.39 Å². The zero-order chi connectivity index (χ0) is 12.0. The lowest BCUT2D eigenvalue weighted by atomic mass is 9.93. The highest BCUT2D eigenvalue weighted by atomic mass is 19.1. The average molecular weight is 228 g/mol. The van der Waals surface area contributed by atoms with Gasteiger partial charge in [-0.2, -0.15) is 0 Å². The standard InChI is InChI=1S/C12H14F2O2/c1-12(7-8-13,16-11(15)9-14)10-5-3-2-4-6-10/h2-6H,7-9H2,1H3. The van der Waals surface area contributed by atoms with Crippen LogP contribution in [0, 0.1) is 0 Å². The lowest BCUT2D eigenvalue weighted by molar-refractivity contribution is -0.161. The van der Waals surface area contributed by atoms with Crippen molar-refractivity contribution in [3.8, 4) is 0 Å². The molecule has 0 amide bonds. The second-order valence-corrected chi connectivity index (χ2v) is 3.64. The second kappa shape index (κ2) is 5.58. The van der Waals surface area contributed by atoms with Crippen LogP contribution in [0.4, 0.5) is 8.78 Å². The molecule has 0 radical (unpaired) electrons. The molecule has 1 atom stereocenters. The molecule has 1 unspecified atom stereocenters. The zero-order valence-corrected chi connectivity index (χ0v) is 9.08. The first kappa shape index (κ1) is 12.6. The van der Waals surface area contributed by atoms with Crippen molar-refractivity contribution < 1.29 is 18.3 Å². The summed E-state index contributed by atoms with van der Waals surface area (Å²) in [6.45, 7) is -0.255. The number of hydrogen-bond acceptors (Lipinski definition) is 2. The third kappa shape index (κ3) is 3.02. The van der Waals surface area contributed by atoms with E-state index in [1.807, 2.05) is 0 Å². The normalized spacial score (nSPS) is 14.2. The Morgan fingerprint density at radius 3 is 2.44 bits per heavy atom. The molecule has 0 bridgehead atoms. The van der Waals surface area contributed by atoms with E-state index >= 15 is 0 Å². The van der Waals surface area contributed by atoms with E-state index in [0.29, 0.717) is 5.56 Å². The molecule has 1 rings (SSSR count). The molecule has 0 aliphatic rings. The van der Waals surface area contributed by atoms with Crippen LogP contribution in [0.5, 0.6) is 0 Å². The van der Waals surface area contributed by atoms with Crippen molar-refractivity contribution in [1.29, 1.82) is 0 Å². The molecule has 0 heterocycles. The highest BCUT2D eigenvalue weighted by Gasteiger charge is 2.30. The first-order chi connectivity index (χ1) is 7.62. The molecule has 0 saturated heterocycles. The summed E-state index contributed by atoms with van der Waals surface area (Å²) in [7, 11) is 0. The van der Waals surface area contributed by atoms with Gasteiger partial charge in [0.2, 0.25) is 0 Å². The molecule has 0 aliphatic heterocycles. The Hall–Kier alpha value is -1.45. The van der Waals surface area contributed by atoms with Crippen LogP contribution in [-0.2, 0) is 15.1 Å². The van der Waals surface area contributed by atoms with Gasteiger partial charge >= 0.3 is 5.97 Å². The summed E-state index contributed by atoms with van der Waals surface area (Å²) in [4.78, 5) is 11.0. The maximum absolute atomic E-state index is 12.4. The quantitative estimate of drug-likeness (QED) is 0.724. The predicted molar refractivity (Wildman–Crippen MR) is 56.5 cm³/mol. The number of alkyl halides is 2. The van der Waals surface area contributed by atoms with Crippen LogP contribution >= 0.6 is 0 Å². The molecule has 16 heavy (non-hydrogen) atoms. The van der Waals surface area contributed by atoms with Crippen molar-refractivity contribution in [2.45, 2.75) is 18.9 Å². The number of rotatable bonds is 5. The number of hydrogen-bond donors (Lipinski definition) is 0. The lowest BCUT2D eigenvalue weighted by Crippen LogP contribution is -2.30. The molecule has 88 valence electrons. The van der Waals surface area contributed by atoms with Gasteiger partial charge in [0, 0.05) is 6.42 Å². The Bertz CT molecular complexity index is 340. The first-order valence-corrected chi connectivity index (χ1v) is 5.01. The second-order valence-electron chi connectivity index (χ2n) is 3.64. The van der Waals surface area contributed by atoms with Gasteiger partial charge in [0.15, 0.2) is 6.67 Å². The average Bonchev–Trinajstić information content (AvgIpc) is 2.30. The third-order valence-electron chi connectivity index (χ3n) is 2.40. The minimum Gasteiger partial charge on any atom is -0.452 e. The van der Waals surface area contributed by atoms with E-state index in [2.05, 4.69) is 0 Å². The van der Waals surface area contributed by atoms with Gasteiger partial charge in [-0.05, 0) is 12.5 Å². The van der Waals surface area contributed by atoms with Crippen molar-refractivity contribution in [3.63, 3.8) is 0 Å². The molecule has 4 heteroatoms. The van der Waals surface area contributed by atoms with E-state index < -0.39 is 24.9 Å². The Kier molecular flexibility index (Phi) is 4.40. The van der Waals surface area contributed by atoms with Gasteiger partial charge in [0.1, 0.15) is 5.60 Å². The molecule has 0 N–H and O–H groups in total. The van der Waals surface area contributed by atoms with Crippen LogP contribution in [0.3, 0.4) is 0 Å². The number of carbonyl (C=O) groups excluding carboxylic acids is 1. The van der Waals surface area contributed by atoms with Crippen molar-refractivity contribution in [2.24, 2.45) is 0 Å². The van der Waals surface area contributed by atoms with Crippen molar-refractivity contribution in [2.75, 3.05) is 13.3 Å². The largest absolute Gasteiger partial charge is 0.452 e. The summed E-state index contributed by atoms with van der Waals surface area (Å²) in [5.74, 6) is -0.972. The first-order valence-electron chi connectivity index (χ1n) is 5.01. The van der Waals surface area contributed by atoms with Gasteiger partial charge in [-0.15, -0.1) is 0 Å². The van der Waals surface area contributed by atoms with Crippen LogP contribution < -0.4 is 0 Å². The van der Waals surface area contributed by atoms with Crippen LogP contribution in [0.1, 0.15) is 18.9 Å². The summed E-state index contributed by atoms with van der Waals surface area (Å²) in [6.07, 6.45) is 0.0166. The van der Waals surface area contributed by atoms with Gasteiger partial charge in [-0.1, -0.05) is 30.3 Å². The SMILES string of the molecule is CC(CCF)(OC(=O)CF)c1ccccc1. The summed E-state index contributed by atoms with van der Waals surface area (Å²) in [6, 6.07) is 8.77. The van der Waals surface area contributed by atoms with E-state index in [1.54, 1.807) is 37.3 Å². The monoisotopic (exact) mass is 228 g/mol. The van der Waals surface area contributed by atoms with E-state index in [9.17, 15) is 13.6 Å². The van der Waals surface area contributed by atoms with Gasteiger partial charge < -0.3 is 4.74 Å².